The fraction of sp³-hybridized carbons (Fsp3) is 0. The van der Waals surface area contributed by atoms with E-state index in [2.05, 4.69) is 191 Å². The van der Waals surface area contributed by atoms with Crippen LogP contribution in [0.3, 0.4) is 0 Å². The van der Waals surface area contributed by atoms with Crippen molar-refractivity contribution in [2.45, 2.75) is 0 Å². The number of fused-ring (bicyclic) bond motifs is 10. The van der Waals surface area contributed by atoms with Gasteiger partial charge in [0.1, 0.15) is 5.69 Å². The molecule has 260 valence electrons. The highest BCUT2D eigenvalue weighted by Crippen LogP contribution is 2.44. The summed E-state index contributed by atoms with van der Waals surface area (Å²) in [6.07, 6.45) is 0. The van der Waals surface area contributed by atoms with Gasteiger partial charge in [0.25, 0.3) is 0 Å². The number of aromatic nitrogens is 4. The summed E-state index contributed by atoms with van der Waals surface area (Å²) < 4.78 is 4.73. The minimum Gasteiger partial charge on any atom is -0.309 e. The molecule has 0 amide bonds. The Morgan fingerprint density at radius 3 is 1.84 bits per heavy atom. The van der Waals surface area contributed by atoms with E-state index >= 15 is 0 Å². The van der Waals surface area contributed by atoms with Crippen LogP contribution in [0.4, 0.5) is 0 Å². The van der Waals surface area contributed by atoms with E-state index in [1.54, 1.807) is 0 Å². The fourth-order valence-corrected chi connectivity index (χ4v) is 8.97. The Bertz CT molecular complexity index is 3540. The molecule has 56 heavy (non-hydrogen) atoms. The maximum absolute atomic E-state index is 5.46. The van der Waals surface area contributed by atoms with Crippen molar-refractivity contribution in [3.8, 4) is 33.9 Å². The van der Waals surface area contributed by atoms with Gasteiger partial charge in [-0.2, -0.15) is 0 Å². The van der Waals surface area contributed by atoms with Gasteiger partial charge in [0.05, 0.1) is 33.1 Å². The summed E-state index contributed by atoms with van der Waals surface area (Å²) in [6.45, 7) is 0. The lowest BCUT2D eigenvalue weighted by Gasteiger charge is -2.14. The Balaban J connectivity index is 1.19. The second kappa shape index (κ2) is 12.0. The molecule has 4 nitrogen and oxygen atoms in total. The molecule has 0 atom stereocenters. The lowest BCUT2D eigenvalue weighted by atomic mass is 9.96. The monoisotopic (exact) mass is 712 g/mol. The molecule has 12 aromatic rings. The van der Waals surface area contributed by atoms with Crippen molar-refractivity contribution in [3.63, 3.8) is 0 Å². The maximum atomic E-state index is 5.46. The van der Waals surface area contributed by atoms with Gasteiger partial charge < -0.3 is 4.57 Å². The fourth-order valence-electron chi connectivity index (χ4n) is 8.97. The maximum Gasteiger partial charge on any atom is 0.165 e. The van der Waals surface area contributed by atoms with Gasteiger partial charge in [0.2, 0.25) is 0 Å². The van der Waals surface area contributed by atoms with E-state index in [0.29, 0.717) is 0 Å². The Hall–Kier alpha value is -7.56. The van der Waals surface area contributed by atoms with Gasteiger partial charge in [-0.3, -0.25) is 4.57 Å². The molecule has 0 unspecified atom stereocenters. The molecule has 0 bridgehead atoms. The van der Waals surface area contributed by atoms with Crippen molar-refractivity contribution in [3.05, 3.63) is 194 Å². The first kappa shape index (κ1) is 30.9. The van der Waals surface area contributed by atoms with Gasteiger partial charge in [-0.25, -0.2) is 9.97 Å². The Kier molecular flexibility index (Phi) is 6.60. The largest absolute Gasteiger partial charge is 0.309 e. The van der Waals surface area contributed by atoms with Crippen molar-refractivity contribution in [2.75, 3.05) is 0 Å². The van der Waals surface area contributed by atoms with E-state index in [1.807, 2.05) is 12.1 Å². The molecule has 9 aromatic carbocycles. The third kappa shape index (κ3) is 4.53. The zero-order valence-electron chi connectivity index (χ0n) is 30.3. The van der Waals surface area contributed by atoms with Crippen LogP contribution in [0.5, 0.6) is 0 Å². The number of hydrogen-bond donors (Lipinski definition) is 0. The Morgan fingerprint density at radius 2 is 0.964 bits per heavy atom. The summed E-state index contributed by atoms with van der Waals surface area (Å²) in [4.78, 5) is 10.8. The lowest BCUT2D eigenvalue weighted by Crippen LogP contribution is -2.03. The summed E-state index contributed by atoms with van der Waals surface area (Å²) in [5.74, 6) is 0.813. The summed E-state index contributed by atoms with van der Waals surface area (Å²) in [5, 5.41) is 9.66. The zero-order chi connectivity index (χ0) is 36.7. The van der Waals surface area contributed by atoms with Crippen LogP contribution in [0.2, 0.25) is 0 Å². The van der Waals surface area contributed by atoms with E-state index in [4.69, 9.17) is 9.97 Å². The lowest BCUT2D eigenvalue weighted by molar-refractivity contribution is 1.08. The molecular weight excluding hydrogens is 681 g/mol. The second-order valence-corrected chi connectivity index (χ2v) is 14.6. The van der Waals surface area contributed by atoms with Crippen LogP contribution in [0.1, 0.15) is 0 Å². The quantitative estimate of drug-likeness (QED) is 0.182. The molecule has 3 aromatic heterocycles. The van der Waals surface area contributed by atoms with Crippen molar-refractivity contribution in [2.24, 2.45) is 0 Å². The van der Waals surface area contributed by atoms with Crippen LogP contribution in [-0.2, 0) is 0 Å². The zero-order valence-corrected chi connectivity index (χ0v) is 30.3. The van der Waals surface area contributed by atoms with E-state index in [-0.39, 0.29) is 0 Å². The standard InChI is InChI=1S/C52H32N4/c1-2-16-38(17-3-1)55-45-23-11-8-19-41(45)42-32-36(28-29-46(42)55)40-20-12-24-47-50(40)49-39-18-7-6-14-34(39)27-30-48(49)56(47)52-51(53-43-21-9-10-22-44(43)54-52)37-26-25-33-13-4-5-15-35(33)31-37/h1-32H. The molecule has 3 heterocycles. The SMILES string of the molecule is c1ccc(-n2c3ccccc3c3cc(-c4cccc5c4c4c6ccccc6ccc4n5-c4nc5ccccc5nc4-c4ccc5ccccc5c4)ccc32)cc1. The van der Waals surface area contributed by atoms with Gasteiger partial charge >= 0.3 is 0 Å². The summed E-state index contributed by atoms with van der Waals surface area (Å²) in [5.41, 5.74) is 11.7. The first-order valence-electron chi connectivity index (χ1n) is 19.1. The Labute approximate surface area is 322 Å². The van der Waals surface area contributed by atoms with Crippen LogP contribution in [0, 0.1) is 0 Å². The molecule has 0 radical (unpaired) electrons. The first-order chi connectivity index (χ1) is 27.8. The van der Waals surface area contributed by atoms with Crippen LogP contribution < -0.4 is 0 Å². The third-order valence-corrected chi connectivity index (χ3v) is 11.5. The summed E-state index contributed by atoms with van der Waals surface area (Å²) in [6, 6.07) is 69.6. The Morgan fingerprint density at radius 1 is 0.339 bits per heavy atom. The van der Waals surface area contributed by atoms with Gasteiger partial charge in [0.15, 0.2) is 5.82 Å². The molecule has 0 saturated heterocycles. The van der Waals surface area contributed by atoms with Gasteiger partial charge in [-0.05, 0) is 93.3 Å². The third-order valence-electron chi connectivity index (χ3n) is 11.5. The number of para-hydroxylation sites is 4. The van der Waals surface area contributed by atoms with Gasteiger partial charge in [-0.15, -0.1) is 0 Å². The topological polar surface area (TPSA) is 35.6 Å². The van der Waals surface area contributed by atoms with Crippen molar-refractivity contribution in [1.82, 2.24) is 19.1 Å². The van der Waals surface area contributed by atoms with Crippen LogP contribution in [0.25, 0.3) is 110 Å². The molecule has 0 fully saturated rings. The minimum absolute atomic E-state index is 0.813. The summed E-state index contributed by atoms with van der Waals surface area (Å²) in [7, 11) is 0. The van der Waals surface area contributed by atoms with Crippen molar-refractivity contribution < 1.29 is 0 Å². The first-order valence-corrected chi connectivity index (χ1v) is 19.1. The highest BCUT2D eigenvalue weighted by atomic mass is 15.1. The molecule has 12 rings (SSSR count). The van der Waals surface area contributed by atoms with Crippen LogP contribution in [-0.4, -0.2) is 19.1 Å². The molecule has 0 N–H and O–H groups in total. The molecule has 0 spiro atoms. The predicted octanol–water partition coefficient (Wildman–Crippen LogP) is 13.5. The normalized spacial score (nSPS) is 11.9. The second-order valence-electron chi connectivity index (χ2n) is 14.6. The van der Waals surface area contributed by atoms with E-state index < -0.39 is 0 Å². The minimum atomic E-state index is 0.813. The smallest absolute Gasteiger partial charge is 0.165 e. The molecule has 0 aliphatic rings. The van der Waals surface area contributed by atoms with Crippen molar-refractivity contribution in [1.29, 1.82) is 0 Å². The van der Waals surface area contributed by atoms with Crippen LogP contribution >= 0.6 is 0 Å². The molecule has 0 aliphatic heterocycles. The molecule has 0 aliphatic carbocycles. The van der Waals surface area contributed by atoms with Gasteiger partial charge in [-0.1, -0.05) is 133 Å². The highest BCUT2D eigenvalue weighted by molar-refractivity contribution is 6.25. The van der Waals surface area contributed by atoms with E-state index in [0.717, 1.165) is 44.8 Å². The van der Waals surface area contributed by atoms with E-state index in [9.17, 15) is 0 Å². The highest BCUT2D eigenvalue weighted by Gasteiger charge is 2.23. The number of rotatable bonds is 4. The van der Waals surface area contributed by atoms with Gasteiger partial charge in [0, 0.05) is 32.8 Å². The number of nitrogens with zero attached hydrogens (tertiary/aromatic N) is 4. The number of benzene rings is 9. The number of hydrogen-bond acceptors (Lipinski definition) is 2. The summed E-state index contributed by atoms with van der Waals surface area (Å²) >= 11 is 0. The van der Waals surface area contributed by atoms with Crippen molar-refractivity contribution >= 4 is 76.2 Å². The molecular formula is C52H32N4. The average molecular weight is 713 g/mol. The van der Waals surface area contributed by atoms with Crippen LogP contribution in [0.15, 0.2) is 194 Å². The predicted molar refractivity (Wildman–Crippen MR) is 234 cm³/mol. The molecule has 0 saturated carbocycles. The van der Waals surface area contributed by atoms with E-state index in [1.165, 1.54) is 65.3 Å². The average Bonchev–Trinajstić information content (AvgIpc) is 3.79. The molecule has 4 heteroatoms.